The smallest absolute Gasteiger partial charge is 0.261 e. The minimum atomic E-state index is -3.78. The zero-order valence-electron chi connectivity index (χ0n) is 14.6. The van der Waals surface area contributed by atoms with Gasteiger partial charge in [0.1, 0.15) is 0 Å². The van der Waals surface area contributed by atoms with Crippen LogP contribution in [0, 0.1) is 6.92 Å². The second kappa shape index (κ2) is 8.06. The highest BCUT2D eigenvalue weighted by molar-refractivity contribution is 9.10. The molecule has 3 aromatic carbocycles. The lowest BCUT2D eigenvalue weighted by Gasteiger charge is -2.12. The molecular weight excluding hydrogens is 426 g/mol. The van der Waals surface area contributed by atoms with Crippen LogP contribution >= 0.6 is 15.9 Å². The molecular formula is C21H18BrNO3S. The molecule has 0 spiro atoms. The maximum absolute atomic E-state index is 12.8. The first-order valence-corrected chi connectivity index (χ1v) is 10.6. The number of sulfonamides is 1. The number of para-hydroxylation sites is 1. The van der Waals surface area contributed by atoms with Gasteiger partial charge in [0.25, 0.3) is 10.0 Å². The van der Waals surface area contributed by atoms with Crippen molar-refractivity contribution in [3.63, 3.8) is 0 Å². The van der Waals surface area contributed by atoms with E-state index in [-0.39, 0.29) is 22.8 Å². The van der Waals surface area contributed by atoms with E-state index in [2.05, 4.69) is 20.7 Å². The van der Waals surface area contributed by atoms with Gasteiger partial charge in [-0.25, -0.2) is 8.42 Å². The molecule has 6 heteroatoms. The first kappa shape index (κ1) is 19.3. The lowest BCUT2D eigenvalue weighted by Crippen LogP contribution is -2.16. The molecule has 27 heavy (non-hydrogen) atoms. The number of hydrogen-bond acceptors (Lipinski definition) is 3. The minimum absolute atomic E-state index is 0.154. The van der Waals surface area contributed by atoms with Crippen LogP contribution in [0.1, 0.15) is 21.5 Å². The molecule has 0 atom stereocenters. The molecule has 0 heterocycles. The quantitative estimate of drug-likeness (QED) is 0.546. The molecule has 0 unspecified atom stereocenters. The van der Waals surface area contributed by atoms with Crippen molar-refractivity contribution in [2.24, 2.45) is 0 Å². The van der Waals surface area contributed by atoms with Crippen molar-refractivity contribution in [3.8, 4) is 0 Å². The zero-order chi connectivity index (χ0) is 19.4. The Kier molecular flexibility index (Phi) is 5.77. The van der Waals surface area contributed by atoms with Gasteiger partial charge in [-0.05, 0) is 42.8 Å². The van der Waals surface area contributed by atoms with Crippen LogP contribution in [-0.2, 0) is 16.4 Å². The van der Waals surface area contributed by atoms with Crippen molar-refractivity contribution in [2.45, 2.75) is 18.2 Å². The fourth-order valence-corrected chi connectivity index (χ4v) is 4.15. The maximum Gasteiger partial charge on any atom is 0.261 e. The zero-order valence-corrected chi connectivity index (χ0v) is 17.0. The molecule has 0 saturated heterocycles. The number of nitrogens with one attached hydrogen (secondary N) is 1. The van der Waals surface area contributed by atoms with Crippen LogP contribution in [0.5, 0.6) is 0 Å². The summed E-state index contributed by atoms with van der Waals surface area (Å²) < 4.78 is 28.7. The average Bonchev–Trinajstić information content (AvgIpc) is 2.64. The third-order valence-electron chi connectivity index (χ3n) is 4.11. The third-order valence-corrected chi connectivity index (χ3v) is 6.27. The third kappa shape index (κ3) is 4.64. The molecule has 0 amide bonds. The molecule has 0 fully saturated rings. The van der Waals surface area contributed by atoms with Gasteiger partial charge in [0.15, 0.2) is 5.78 Å². The largest absolute Gasteiger partial charge is 0.294 e. The summed E-state index contributed by atoms with van der Waals surface area (Å²) in [6.07, 6.45) is 0.171. The van der Waals surface area contributed by atoms with E-state index in [1.54, 1.807) is 48.5 Å². The van der Waals surface area contributed by atoms with Gasteiger partial charge in [0, 0.05) is 16.5 Å². The first-order valence-electron chi connectivity index (χ1n) is 8.32. The molecule has 0 radical (unpaired) electrons. The molecule has 138 valence electrons. The number of anilines is 1. The lowest BCUT2D eigenvalue weighted by molar-refractivity contribution is 0.0993. The predicted molar refractivity (Wildman–Crippen MR) is 111 cm³/mol. The Bertz CT molecular complexity index is 1080. The normalized spacial score (nSPS) is 11.2. The van der Waals surface area contributed by atoms with Crippen molar-refractivity contribution in [3.05, 3.63) is 94.0 Å². The Morgan fingerprint density at radius 1 is 0.926 bits per heavy atom. The Balaban J connectivity index is 1.89. The predicted octanol–water partition coefficient (Wildman–Crippen LogP) is 4.98. The van der Waals surface area contributed by atoms with E-state index in [0.717, 1.165) is 15.6 Å². The summed E-state index contributed by atoms with van der Waals surface area (Å²) >= 11 is 3.44. The Morgan fingerprint density at radius 3 is 2.26 bits per heavy atom. The van der Waals surface area contributed by atoms with E-state index >= 15 is 0 Å². The Hall–Kier alpha value is -2.44. The lowest BCUT2D eigenvalue weighted by atomic mass is 10.0. The fraction of sp³-hybridized carbons (Fsp3) is 0.0952. The molecule has 1 N–H and O–H groups in total. The number of ketones is 1. The molecule has 0 aliphatic carbocycles. The van der Waals surface area contributed by atoms with E-state index in [1.807, 2.05) is 31.2 Å². The van der Waals surface area contributed by atoms with Crippen LogP contribution in [0.2, 0.25) is 0 Å². The first-order chi connectivity index (χ1) is 12.9. The van der Waals surface area contributed by atoms with E-state index in [9.17, 15) is 13.2 Å². The van der Waals surface area contributed by atoms with Crippen molar-refractivity contribution < 1.29 is 13.2 Å². The average molecular weight is 444 g/mol. The summed E-state index contributed by atoms with van der Waals surface area (Å²) in [4.78, 5) is 13.0. The number of hydrogen-bond donors (Lipinski definition) is 1. The molecule has 4 nitrogen and oxygen atoms in total. The monoisotopic (exact) mass is 443 g/mol. The van der Waals surface area contributed by atoms with Crippen LogP contribution in [0.4, 0.5) is 5.69 Å². The second-order valence-corrected chi connectivity index (χ2v) is 8.69. The molecule has 0 aliphatic heterocycles. The molecule has 0 saturated carbocycles. The van der Waals surface area contributed by atoms with Crippen molar-refractivity contribution in [2.75, 3.05) is 4.72 Å². The molecule has 3 aromatic rings. The summed E-state index contributed by atoms with van der Waals surface area (Å²) in [5, 5.41) is 0. The highest BCUT2D eigenvalue weighted by atomic mass is 79.9. The van der Waals surface area contributed by atoms with Gasteiger partial charge in [-0.3, -0.25) is 9.52 Å². The number of Topliss-reactive ketones (excluding diaryl/α,β-unsaturated/α-hetero) is 1. The summed E-state index contributed by atoms with van der Waals surface area (Å²) in [6, 6.07) is 20.7. The standard InChI is InChI=1S/C21H18BrNO3S/c1-15-10-12-17(13-11-15)27(25,26)23-20-9-5-3-7-18(20)21(24)14-16-6-2-4-8-19(16)22/h2-13,23H,14H2,1H3. The number of rotatable bonds is 6. The van der Waals surface area contributed by atoms with Gasteiger partial charge in [-0.1, -0.05) is 64.0 Å². The minimum Gasteiger partial charge on any atom is -0.294 e. The van der Waals surface area contributed by atoms with E-state index in [1.165, 1.54) is 0 Å². The molecule has 3 rings (SSSR count). The highest BCUT2D eigenvalue weighted by Gasteiger charge is 2.19. The molecule has 0 aliphatic rings. The van der Waals surface area contributed by atoms with Crippen LogP contribution in [0.25, 0.3) is 0 Å². The van der Waals surface area contributed by atoms with Gasteiger partial charge in [0.05, 0.1) is 10.6 Å². The molecule has 0 bridgehead atoms. The van der Waals surface area contributed by atoms with E-state index in [0.29, 0.717) is 5.56 Å². The number of carbonyl (C=O) groups excluding carboxylic acids is 1. The van der Waals surface area contributed by atoms with Gasteiger partial charge in [-0.15, -0.1) is 0 Å². The SMILES string of the molecule is Cc1ccc(S(=O)(=O)Nc2ccccc2C(=O)Cc2ccccc2Br)cc1. The topological polar surface area (TPSA) is 63.2 Å². The van der Waals surface area contributed by atoms with Crippen LogP contribution in [0.3, 0.4) is 0 Å². The number of carbonyl (C=O) groups is 1. The number of benzene rings is 3. The summed E-state index contributed by atoms with van der Waals surface area (Å²) in [7, 11) is -3.78. The maximum atomic E-state index is 12.8. The number of aryl methyl sites for hydroxylation is 1. The van der Waals surface area contributed by atoms with Crippen LogP contribution in [0.15, 0.2) is 82.2 Å². The van der Waals surface area contributed by atoms with E-state index < -0.39 is 10.0 Å². The van der Waals surface area contributed by atoms with Crippen LogP contribution in [-0.4, -0.2) is 14.2 Å². The Labute approximate surface area is 167 Å². The van der Waals surface area contributed by atoms with Gasteiger partial charge in [0.2, 0.25) is 0 Å². The highest BCUT2D eigenvalue weighted by Crippen LogP contribution is 2.24. The van der Waals surface area contributed by atoms with Crippen molar-refractivity contribution in [1.82, 2.24) is 0 Å². The van der Waals surface area contributed by atoms with E-state index in [4.69, 9.17) is 0 Å². The summed E-state index contributed by atoms with van der Waals surface area (Å²) in [5.41, 5.74) is 2.43. The van der Waals surface area contributed by atoms with Gasteiger partial charge in [-0.2, -0.15) is 0 Å². The second-order valence-electron chi connectivity index (χ2n) is 6.16. The number of halogens is 1. The van der Waals surface area contributed by atoms with Crippen LogP contribution < -0.4 is 4.72 Å². The van der Waals surface area contributed by atoms with Crippen molar-refractivity contribution in [1.29, 1.82) is 0 Å². The van der Waals surface area contributed by atoms with Gasteiger partial charge < -0.3 is 0 Å². The fourth-order valence-electron chi connectivity index (χ4n) is 2.65. The molecule has 0 aromatic heterocycles. The Morgan fingerprint density at radius 2 is 1.56 bits per heavy atom. The van der Waals surface area contributed by atoms with Crippen molar-refractivity contribution >= 4 is 37.4 Å². The summed E-state index contributed by atoms with van der Waals surface area (Å²) in [5.74, 6) is -0.163. The summed E-state index contributed by atoms with van der Waals surface area (Å²) in [6.45, 7) is 1.89. The van der Waals surface area contributed by atoms with Gasteiger partial charge >= 0.3 is 0 Å².